The SMILES string of the molecule is O=C(NCc1ccc(-c2ccccc2C(=O)O)nc1)c1cccnc1. The number of carboxylic acids is 1. The Bertz CT molecular complexity index is 893. The van der Waals surface area contributed by atoms with Crippen LogP contribution in [0.3, 0.4) is 0 Å². The zero-order valence-electron chi connectivity index (χ0n) is 13.2. The molecular formula is C19H15N3O3. The Labute approximate surface area is 144 Å². The van der Waals surface area contributed by atoms with Gasteiger partial charge in [0, 0.05) is 30.7 Å². The quantitative estimate of drug-likeness (QED) is 0.749. The van der Waals surface area contributed by atoms with Crippen LogP contribution in [0, 0.1) is 0 Å². The molecule has 1 aromatic carbocycles. The van der Waals surface area contributed by atoms with Gasteiger partial charge in [0.25, 0.3) is 5.91 Å². The minimum absolute atomic E-state index is 0.202. The highest BCUT2D eigenvalue weighted by atomic mass is 16.4. The van der Waals surface area contributed by atoms with Crippen LogP contribution in [0.1, 0.15) is 26.3 Å². The van der Waals surface area contributed by atoms with E-state index >= 15 is 0 Å². The molecule has 0 radical (unpaired) electrons. The number of aromatic carboxylic acids is 1. The molecule has 25 heavy (non-hydrogen) atoms. The second-order valence-corrected chi connectivity index (χ2v) is 5.33. The summed E-state index contributed by atoms with van der Waals surface area (Å²) < 4.78 is 0. The predicted octanol–water partition coefficient (Wildman–Crippen LogP) is 2.77. The van der Waals surface area contributed by atoms with Crippen LogP contribution in [0.15, 0.2) is 67.1 Å². The van der Waals surface area contributed by atoms with E-state index in [-0.39, 0.29) is 11.5 Å². The maximum atomic E-state index is 12.0. The first-order valence-corrected chi connectivity index (χ1v) is 7.61. The first kappa shape index (κ1) is 16.3. The lowest BCUT2D eigenvalue weighted by atomic mass is 10.0. The Kier molecular flexibility index (Phi) is 4.80. The van der Waals surface area contributed by atoms with Gasteiger partial charge in [-0.3, -0.25) is 14.8 Å². The second kappa shape index (κ2) is 7.35. The van der Waals surface area contributed by atoms with Gasteiger partial charge in [-0.05, 0) is 29.8 Å². The number of nitrogens with one attached hydrogen (secondary N) is 1. The van der Waals surface area contributed by atoms with Crippen LogP contribution in [-0.2, 0) is 6.54 Å². The fourth-order valence-electron chi connectivity index (χ4n) is 2.36. The van der Waals surface area contributed by atoms with Crippen LogP contribution in [-0.4, -0.2) is 27.0 Å². The highest BCUT2D eigenvalue weighted by Crippen LogP contribution is 2.21. The number of hydrogen-bond donors (Lipinski definition) is 2. The van der Waals surface area contributed by atoms with Crippen molar-refractivity contribution in [1.82, 2.24) is 15.3 Å². The molecule has 0 aliphatic carbocycles. The molecule has 0 spiro atoms. The maximum absolute atomic E-state index is 12.0. The Morgan fingerprint density at radius 3 is 2.52 bits per heavy atom. The summed E-state index contributed by atoms with van der Waals surface area (Å²) in [4.78, 5) is 31.5. The molecule has 2 aromatic heterocycles. The zero-order chi connectivity index (χ0) is 17.6. The average molecular weight is 333 g/mol. The van der Waals surface area contributed by atoms with Crippen molar-refractivity contribution in [3.63, 3.8) is 0 Å². The number of aromatic nitrogens is 2. The van der Waals surface area contributed by atoms with Gasteiger partial charge in [0.15, 0.2) is 0 Å². The summed E-state index contributed by atoms with van der Waals surface area (Å²) in [6.45, 7) is 0.321. The molecule has 6 nitrogen and oxygen atoms in total. The molecule has 0 fully saturated rings. The van der Waals surface area contributed by atoms with Crippen LogP contribution >= 0.6 is 0 Å². The molecule has 1 amide bonds. The second-order valence-electron chi connectivity index (χ2n) is 5.33. The number of rotatable bonds is 5. The lowest BCUT2D eigenvalue weighted by molar-refractivity contribution is 0.0697. The van der Waals surface area contributed by atoms with E-state index in [4.69, 9.17) is 0 Å². The zero-order valence-corrected chi connectivity index (χ0v) is 13.2. The Morgan fingerprint density at radius 2 is 1.84 bits per heavy atom. The van der Waals surface area contributed by atoms with Gasteiger partial charge in [0.1, 0.15) is 0 Å². The molecular weight excluding hydrogens is 318 g/mol. The molecule has 0 aliphatic heterocycles. The molecule has 0 aliphatic rings. The summed E-state index contributed by atoms with van der Waals surface area (Å²) in [5, 5.41) is 12.0. The number of carbonyl (C=O) groups excluding carboxylic acids is 1. The normalized spacial score (nSPS) is 10.2. The van der Waals surface area contributed by atoms with Crippen molar-refractivity contribution < 1.29 is 14.7 Å². The van der Waals surface area contributed by atoms with Gasteiger partial charge in [-0.15, -0.1) is 0 Å². The fraction of sp³-hybridized carbons (Fsp3) is 0.0526. The summed E-state index contributed by atoms with van der Waals surface area (Å²) in [5.74, 6) is -1.21. The molecule has 0 bridgehead atoms. The molecule has 0 saturated carbocycles. The summed E-state index contributed by atoms with van der Waals surface area (Å²) in [5.41, 5.74) is 2.63. The number of nitrogens with zero attached hydrogens (tertiary/aromatic N) is 2. The molecule has 0 atom stereocenters. The van der Waals surface area contributed by atoms with Gasteiger partial charge >= 0.3 is 5.97 Å². The Balaban J connectivity index is 1.71. The lowest BCUT2D eigenvalue weighted by Crippen LogP contribution is -2.22. The van der Waals surface area contributed by atoms with Crippen LogP contribution in [0.4, 0.5) is 0 Å². The van der Waals surface area contributed by atoms with Gasteiger partial charge < -0.3 is 10.4 Å². The number of carboxylic acid groups (broad SMARTS) is 1. The van der Waals surface area contributed by atoms with E-state index in [2.05, 4.69) is 15.3 Å². The standard InChI is InChI=1S/C19H15N3O3/c23-18(14-4-3-9-20-12-14)22-11-13-7-8-17(21-10-13)15-5-1-2-6-16(15)19(24)25/h1-10,12H,11H2,(H,22,23)(H,24,25). The van der Waals surface area contributed by atoms with Crippen LogP contribution in [0.2, 0.25) is 0 Å². The van der Waals surface area contributed by atoms with Crippen LogP contribution < -0.4 is 5.32 Å². The van der Waals surface area contributed by atoms with E-state index in [9.17, 15) is 14.7 Å². The van der Waals surface area contributed by atoms with E-state index in [1.54, 1.807) is 54.9 Å². The largest absolute Gasteiger partial charge is 0.478 e. The van der Waals surface area contributed by atoms with Gasteiger partial charge in [0.05, 0.1) is 16.8 Å². The molecule has 2 heterocycles. The molecule has 0 saturated heterocycles. The summed E-state index contributed by atoms with van der Waals surface area (Å²) in [7, 11) is 0. The van der Waals surface area contributed by atoms with Crippen molar-refractivity contribution in [2.75, 3.05) is 0 Å². The minimum atomic E-state index is -0.995. The number of hydrogen-bond acceptors (Lipinski definition) is 4. The van der Waals surface area contributed by atoms with E-state index in [0.29, 0.717) is 23.4 Å². The van der Waals surface area contributed by atoms with Gasteiger partial charge in [-0.25, -0.2) is 4.79 Å². The fourth-order valence-corrected chi connectivity index (χ4v) is 2.36. The van der Waals surface area contributed by atoms with Gasteiger partial charge in [0.2, 0.25) is 0 Å². The van der Waals surface area contributed by atoms with E-state index < -0.39 is 5.97 Å². The summed E-state index contributed by atoms with van der Waals surface area (Å²) >= 11 is 0. The number of carbonyl (C=O) groups is 2. The van der Waals surface area contributed by atoms with Gasteiger partial charge in [-0.2, -0.15) is 0 Å². The molecule has 0 unspecified atom stereocenters. The summed E-state index contributed by atoms with van der Waals surface area (Å²) in [6, 6.07) is 13.6. The highest BCUT2D eigenvalue weighted by Gasteiger charge is 2.12. The smallest absolute Gasteiger partial charge is 0.336 e. The van der Waals surface area contributed by atoms with Crippen molar-refractivity contribution in [3.8, 4) is 11.3 Å². The molecule has 2 N–H and O–H groups in total. The van der Waals surface area contributed by atoms with Crippen molar-refractivity contribution in [3.05, 3.63) is 83.8 Å². The third-order valence-electron chi connectivity index (χ3n) is 3.63. The molecule has 3 aromatic rings. The van der Waals surface area contributed by atoms with Crippen LogP contribution in [0.5, 0.6) is 0 Å². The molecule has 6 heteroatoms. The summed E-state index contributed by atoms with van der Waals surface area (Å²) in [6.07, 6.45) is 4.73. The number of amides is 1. The van der Waals surface area contributed by atoms with Crippen molar-refractivity contribution in [2.24, 2.45) is 0 Å². The van der Waals surface area contributed by atoms with Gasteiger partial charge in [-0.1, -0.05) is 24.3 Å². The van der Waals surface area contributed by atoms with E-state index in [1.165, 1.54) is 6.20 Å². The minimum Gasteiger partial charge on any atom is -0.478 e. The van der Waals surface area contributed by atoms with Crippen molar-refractivity contribution in [1.29, 1.82) is 0 Å². The number of benzene rings is 1. The highest BCUT2D eigenvalue weighted by molar-refractivity contribution is 5.95. The van der Waals surface area contributed by atoms with Crippen molar-refractivity contribution in [2.45, 2.75) is 6.54 Å². The molecule has 124 valence electrons. The van der Waals surface area contributed by atoms with Crippen molar-refractivity contribution >= 4 is 11.9 Å². The average Bonchev–Trinajstić information content (AvgIpc) is 2.67. The Morgan fingerprint density at radius 1 is 1.00 bits per heavy atom. The third kappa shape index (κ3) is 3.87. The monoisotopic (exact) mass is 333 g/mol. The topological polar surface area (TPSA) is 92.2 Å². The predicted molar refractivity (Wildman–Crippen MR) is 92.0 cm³/mol. The van der Waals surface area contributed by atoms with E-state index in [0.717, 1.165) is 5.56 Å². The Hall–Kier alpha value is -3.54. The first-order chi connectivity index (χ1) is 12.1. The van der Waals surface area contributed by atoms with Crippen LogP contribution in [0.25, 0.3) is 11.3 Å². The lowest BCUT2D eigenvalue weighted by Gasteiger charge is -2.08. The third-order valence-corrected chi connectivity index (χ3v) is 3.63. The first-order valence-electron chi connectivity index (χ1n) is 7.61. The maximum Gasteiger partial charge on any atom is 0.336 e. The number of pyridine rings is 2. The molecule has 3 rings (SSSR count). The van der Waals surface area contributed by atoms with E-state index in [1.807, 2.05) is 6.07 Å².